The second kappa shape index (κ2) is 69.0. The van der Waals surface area contributed by atoms with Crippen LogP contribution in [-0.4, -0.2) is 13.1 Å². The first-order chi connectivity index (χ1) is 11.1. The van der Waals surface area contributed by atoms with Crippen molar-refractivity contribution in [3.05, 3.63) is 40.5 Å². The first-order valence-electron chi connectivity index (χ1n) is 6.58. The van der Waals surface area contributed by atoms with Gasteiger partial charge in [-0.3, -0.25) is 0 Å². The van der Waals surface area contributed by atoms with Gasteiger partial charge in [-0.25, -0.2) is 0 Å². The Labute approximate surface area is 152 Å². The molecule has 0 aromatic carbocycles. The molecule has 0 aromatic rings. The molecular formula is C10H23N5O8Ru. The molecule has 0 saturated carbocycles. The Morgan fingerprint density at radius 3 is 1.00 bits per heavy atom. The Balaban J connectivity index is -0.0000000518. The molecule has 0 fully saturated rings. The molecule has 144 valence electrons. The van der Waals surface area contributed by atoms with Crippen molar-refractivity contribution in [3.63, 3.8) is 0 Å². The fraction of sp³-hybridized carbons (Fsp3) is 1.00. The van der Waals surface area contributed by atoms with Crippen LogP contribution in [0, 0.1) is 40.5 Å². The second-order valence-electron chi connectivity index (χ2n) is 3.46. The number of hydrogen-bond donors (Lipinski definition) is 1. The number of nitrogens with one attached hydrogen (secondary N) is 1. The van der Waals surface area contributed by atoms with E-state index < -0.39 is 0 Å². The predicted octanol–water partition coefficient (Wildman–Crippen LogP) is 3.96. The van der Waals surface area contributed by atoms with Crippen LogP contribution in [0.1, 0.15) is 52.4 Å². The molecule has 0 unspecified atom stereocenters. The predicted molar refractivity (Wildman–Crippen MR) is 88.6 cm³/mol. The molecule has 0 radical (unpaired) electrons. The van der Waals surface area contributed by atoms with E-state index in [1.807, 2.05) is 0 Å². The average Bonchev–Trinajstić information content (AvgIpc) is 2.50. The largest absolute Gasteiger partial charge is 4.00 e. The summed E-state index contributed by atoms with van der Waals surface area (Å²) in [5, 5.41) is 39.5. The standard InChI is InChI=1S/C10H23N.4HNO2.Ru/c1-3-5-7-9-11-10-8-6-4-2;4*2-1-3;/h11H,3-10H2,1-2H3;4*(H,2,3);/q;;;;;+4/p-4. The summed E-state index contributed by atoms with van der Waals surface area (Å²) in [4.78, 5) is 32.0. The Hall–Kier alpha value is -1.82. The molecule has 0 heterocycles. The third-order valence-electron chi connectivity index (χ3n) is 1.91. The van der Waals surface area contributed by atoms with Gasteiger partial charge in [-0.15, -0.1) is 21.4 Å². The fourth-order valence-electron chi connectivity index (χ4n) is 1.12. The van der Waals surface area contributed by atoms with E-state index in [1.54, 1.807) is 0 Å². The summed E-state index contributed by atoms with van der Waals surface area (Å²) in [7, 11) is 0. The van der Waals surface area contributed by atoms with Crippen molar-refractivity contribution >= 4 is 0 Å². The summed E-state index contributed by atoms with van der Waals surface area (Å²) >= 11 is 0. The van der Waals surface area contributed by atoms with E-state index in [1.165, 1.54) is 51.6 Å². The molecule has 0 spiro atoms. The van der Waals surface area contributed by atoms with E-state index in [0.717, 1.165) is 21.4 Å². The molecular weight excluding hydrogens is 419 g/mol. The molecule has 13 nitrogen and oxygen atoms in total. The van der Waals surface area contributed by atoms with E-state index in [4.69, 9.17) is 40.5 Å². The van der Waals surface area contributed by atoms with Crippen LogP contribution >= 0.6 is 0 Å². The van der Waals surface area contributed by atoms with Gasteiger partial charge in [-0.2, -0.15) is 0 Å². The quantitative estimate of drug-likeness (QED) is 0.248. The molecule has 0 aliphatic carbocycles. The van der Waals surface area contributed by atoms with Gasteiger partial charge < -0.3 is 45.8 Å². The zero-order valence-corrected chi connectivity index (χ0v) is 15.3. The summed E-state index contributed by atoms with van der Waals surface area (Å²) in [6, 6.07) is 0. The monoisotopic (exact) mass is 443 g/mol. The topological polar surface area (TPSA) is 222 Å². The zero-order chi connectivity index (χ0) is 19.2. The summed E-state index contributed by atoms with van der Waals surface area (Å²) in [6.07, 6.45) is 8.11. The van der Waals surface area contributed by atoms with Gasteiger partial charge in [0, 0.05) is 0 Å². The minimum Gasteiger partial charge on any atom is -0.444 e. The van der Waals surface area contributed by atoms with Crippen LogP contribution in [0.25, 0.3) is 0 Å². The number of unbranched alkanes of at least 4 members (excludes halogenated alkanes) is 4. The van der Waals surface area contributed by atoms with Crippen LogP contribution in [0.15, 0.2) is 21.4 Å². The molecule has 0 saturated heterocycles. The van der Waals surface area contributed by atoms with Crippen LogP contribution < -0.4 is 5.32 Å². The van der Waals surface area contributed by atoms with Gasteiger partial charge >= 0.3 is 19.5 Å². The normalized spacial score (nSPS) is 6.75. The molecule has 0 aliphatic heterocycles. The Morgan fingerprint density at radius 1 is 0.625 bits per heavy atom. The summed E-state index contributed by atoms with van der Waals surface area (Å²) in [5.74, 6) is 0. The number of nitrogens with zero attached hydrogens (tertiary/aromatic N) is 4. The van der Waals surface area contributed by atoms with E-state index in [-0.39, 0.29) is 19.5 Å². The van der Waals surface area contributed by atoms with E-state index in [0.29, 0.717) is 0 Å². The van der Waals surface area contributed by atoms with Crippen molar-refractivity contribution in [2.24, 2.45) is 21.4 Å². The molecule has 0 aliphatic rings. The Morgan fingerprint density at radius 2 is 0.833 bits per heavy atom. The van der Waals surface area contributed by atoms with Crippen LogP contribution in [-0.2, 0) is 19.5 Å². The first-order valence-corrected chi connectivity index (χ1v) is 6.58. The smallest absolute Gasteiger partial charge is 0.444 e. The maximum atomic E-state index is 8.00. The van der Waals surface area contributed by atoms with E-state index >= 15 is 0 Å². The molecule has 1 N–H and O–H groups in total. The maximum Gasteiger partial charge on any atom is 4.00 e. The summed E-state index contributed by atoms with van der Waals surface area (Å²) in [5.41, 5.74) is 0. The SMILES string of the molecule is CCCCCNCCCCC.O=N[O-].O=N[O-].O=N[O-].O=N[O-].[Ru+4]. The van der Waals surface area contributed by atoms with Gasteiger partial charge in [-0.1, -0.05) is 39.5 Å². The third kappa shape index (κ3) is 194. The van der Waals surface area contributed by atoms with Gasteiger partial charge in [0.25, 0.3) is 0 Å². The van der Waals surface area contributed by atoms with Crippen molar-refractivity contribution in [2.45, 2.75) is 52.4 Å². The first kappa shape index (κ1) is 38.0. The van der Waals surface area contributed by atoms with Gasteiger partial charge in [0.2, 0.25) is 0 Å². The molecule has 24 heavy (non-hydrogen) atoms. The van der Waals surface area contributed by atoms with Crippen molar-refractivity contribution in [1.29, 1.82) is 0 Å². The summed E-state index contributed by atoms with van der Waals surface area (Å²) < 4.78 is 0. The van der Waals surface area contributed by atoms with Crippen molar-refractivity contribution in [3.8, 4) is 0 Å². The molecule has 0 aromatic heterocycles. The minimum atomic E-state index is 0. The fourth-order valence-corrected chi connectivity index (χ4v) is 1.12. The molecule has 0 atom stereocenters. The molecule has 0 amide bonds. The number of hydrogen-bond acceptors (Lipinski definition) is 13. The van der Waals surface area contributed by atoms with E-state index in [2.05, 4.69) is 19.2 Å². The van der Waals surface area contributed by atoms with Crippen molar-refractivity contribution in [2.75, 3.05) is 13.1 Å². The van der Waals surface area contributed by atoms with Crippen molar-refractivity contribution < 1.29 is 19.5 Å². The van der Waals surface area contributed by atoms with E-state index in [9.17, 15) is 0 Å². The van der Waals surface area contributed by atoms with Crippen LogP contribution in [0.2, 0.25) is 0 Å². The van der Waals surface area contributed by atoms with Gasteiger partial charge in [0.15, 0.2) is 0 Å². The van der Waals surface area contributed by atoms with Gasteiger partial charge in [-0.05, 0) is 25.9 Å². The minimum absolute atomic E-state index is 0. The van der Waals surface area contributed by atoms with Crippen molar-refractivity contribution in [1.82, 2.24) is 5.32 Å². The maximum absolute atomic E-state index is 8.00. The summed E-state index contributed by atoms with van der Waals surface area (Å²) in [6.45, 7) is 6.93. The zero-order valence-electron chi connectivity index (χ0n) is 13.6. The van der Waals surface area contributed by atoms with Gasteiger partial charge in [0.05, 0.1) is 0 Å². The Bertz CT molecular complexity index is 186. The Kier molecular flexibility index (Phi) is 109. The second-order valence-corrected chi connectivity index (χ2v) is 3.46. The molecule has 0 rings (SSSR count). The number of rotatable bonds is 8. The van der Waals surface area contributed by atoms with Crippen LogP contribution in [0.5, 0.6) is 0 Å². The molecule has 14 heteroatoms. The molecule has 0 bridgehead atoms. The van der Waals surface area contributed by atoms with Crippen LogP contribution in [0.3, 0.4) is 0 Å². The van der Waals surface area contributed by atoms with Gasteiger partial charge in [0.1, 0.15) is 0 Å². The van der Waals surface area contributed by atoms with Crippen LogP contribution in [0.4, 0.5) is 0 Å². The average molecular weight is 442 g/mol. The third-order valence-corrected chi connectivity index (χ3v) is 1.91.